The molecule has 2 amide bonds. The highest BCUT2D eigenvalue weighted by atomic mass is 16.4. The molecule has 1 aliphatic heterocycles. The Labute approximate surface area is 133 Å². The van der Waals surface area contributed by atoms with Crippen molar-refractivity contribution in [2.45, 2.75) is 71.3 Å². The smallest absolute Gasteiger partial charge is 0.317 e. The maximum atomic E-state index is 12.4. The zero-order chi connectivity index (χ0) is 16.2. The molecule has 0 bridgehead atoms. The molecule has 2 rings (SSSR count). The molecule has 22 heavy (non-hydrogen) atoms. The van der Waals surface area contributed by atoms with Crippen molar-refractivity contribution in [3.63, 3.8) is 0 Å². The second kappa shape index (κ2) is 7.34. The van der Waals surface area contributed by atoms with Crippen molar-refractivity contribution in [3.05, 3.63) is 0 Å². The summed E-state index contributed by atoms with van der Waals surface area (Å²) in [7, 11) is 0. The van der Waals surface area contributed by atoms with Gasteiger partial charge in [0.25, 0.3) is 0 Å². The molecular weight excluding hydrogens is 280 g/mol. The lowest BCUT2D eigenvalue weighted by atomic mass is 9.74. The van der Waals surface area contributed by atoms with Crippen molar-refractivity contribution < 1.29 is 14.7 Å². The van der Waals surface area contributed by atoms with E-state index in [0.29, 0.717) is 18.3 Å². The van der Waals surface area contributed by atoms with Crippen LogP contribution in [0.2, 0.25) is 0 Å². The number of nitrogens with one attached hydrogen (secondary N) is 1. The molecule has 0 unspecified atom stereocenters. The number of carboxylic acid groups (broad SMARTS) is 1. The van der Waals surface area contributed by atoms with Crippen molar-refractivity contribution in [2.75, 3.05) is 13.1 Å². The first-order valence-electron chi connectivity index (χ1n) is 8.78. The Morgan fingerprint density at radius 2 is 1.64 bits per heavy atom. The fourth-order valence-electron chi connectivity index (χ4n) is 3.89. The predicted octanol–water partition coefficient (Wildman–Crippen LogP) is 3.24. The van der Waals surface area contributed by atoms with E-state index in [4.69, 9.17) is 5.11 Å². The van der Waals surface area contributed by atoms with Gasteiger partial charge in [-0.2, -0.15) is 0 Å². The van der Waals surface area contributed by atoms with Crippen LogP contribution in [0.1, 0.15) is 65.2 Å². The number of carboxylic acids is 1. The topological polar surface area (TPSA) is 69.6 Å². The van der Waals surface area contributed by atoms with Crippen molar-refractivity contribution in [1.29, 1.82) is 0 Å². The van der Waals surface area contributed by atoms with Gasteiger partial charge in [-0.1, -0.05) is 26.7 Å². The Morgan fingerprint density at radius 3 is 2.09 bits per heavy atom. The summed E-state index contributed by atoms with van der Waals surface area (Å²) in [6.45, 7) is 6.19. The number of piperidine rings is 1. The third-order valence-electron chi connectivity index (χ3n) is 6.02. The van der Waals surface area contributed by atoms with Crippen molar-refractivity contribution >= 4 is 12.0 Å². The van der Waals surface area contributed by atoms with Gasteiger partial charge in [0, 0.05) is 19.1 Å². The summed E-state index contributed by atoms with van der Waals surface area (Å²) in [5, 5.41) is 12.1. The molecule has 1 saturated heterocycles. The summed E-state index contributed by atoms with van der Waals surface area (Å²) in [6.07, 6.45) is 7.49. The predicted molar refractivity (Wildman–Crippen MR) is 85.7 cm³/mol. The molecule has 0 atom stereocenters. The number of amides is 2. The van der Waals surface area contributed by atoms with Crippen LogP contribution in [0.25, 0.3) is 0 Å². The van der Waals surface area contributed by atoms with Crippen LogP contribution in [0.5, 0.6) is 0 Å². The van der Waals surface area contributed by atoms with Gasteiger partial charge in [-0.15, -0.1) is 0 Å². The Morgan fingerprint density at radius 1 is 1.09 bits per heavy atom. The van der Waals surface area contributed by atoms with Gasteiger partial charge in [0.05, 0.1) is 5.92 Å². The average Bonchev–Trinajstić information content (AvgIpc) is 2.55. The molecule has 1 saturated carbocycles. The Bertz CT molecular complexity index is 389. The van der Waals surface area contributed by atoms with Gasteiger partial charge in [-0.05, 0) is 43.9 Å². The minimum Gasteiger partial charge on any atom is -0.481 e. The molecule has 0 aromatic rings. The van der Waals surface area contributed by atoms with E-state index in [1.807, 2.05) is 4.90 Å². The second-order valence-corrected chi connectivity index (χ2v) is 7.03. The SMILES string of the molecule is CCC1(CC)CCN(C(=O)NC2CCC(C(=O)O)CC2)CC1. The van der Waals surface area contributed by atoms with Crippen LogP contribution < -0.4 is 5.32 Å². The van der Waals surface area contributed by atoms with Gasteiger partial charge in [0.15, 0.2) is 0 Å². The molecule has 1 heterocycles. The van der Waals surface area contributed by atoms with E-state index in [0.717, 1.165) is 38.8 Å². The summed E-state index contributed by atoms with van der Waals surface area (Å²) in [5.41, 5.74) is 0.427. The lowest BCUT2D eigenvalue weighted by molar-refractivity contribution is -0.142. The minimum atomic E-state index is -0.698. The lowest BCUT2D eigenvalue weighted by Crippen LogP contribution is -2.50. The maximum absolute atomic E-state index is 12.4. The molecule has 126 valence electrons. The first-order chi connectivity index (χ1) is 10.5. The van der Waals surface area contributed by atoms with E-state index >= 15 is 0 Å². The van der Waals surface area contributed by atoms with E-state index < -0.39 is 5.97 Å². The first-order valence-corrected chi connectivity index (χ1v) is 8.78. The van der Waals surface area contributed by atoms with Gasteiger partial charge in [0.2, 0.25) is 0 Å². The van der Waals surface area contributed by atoms with Crippen molar-refractivity contribution in [1.82, 2.24) is 10.2 Å². The van der Waals surface area contributed by atoms with Gasteiger partial charge in [-0.3, -0.25) is 4.79 Å². The van der Waals surface area contributed by atoms with Crippen LogP contribution >= 0.6 is 0 Å². The maximum Gasteiger partial charge on any atom is 0.317 e. The number of urea groups is 1. The largest absolute Gasteiger partial charge is 0.481 e. The summed E-state index contributed by atoms with van der Waals surface area (Å²) in [4.78, 5) is 25.3. The van der Waals surface area contributed by atoms with E-state index in [1.165, 1.54) is 12.8 Å². The Kier molecular flexibility index (Phi) is 5.70. The number of carbonyl (C=O) groups is 2. The molecule has 5 heteroatoms. The van der Waals surface area contributed by atoms with Crippen LogP contribution in [0, 0.1) is 11.3 Å². The van der Waals surface area contributed by atoms with Gasteiger partial charge in [0.1, 0.15) is 0 Å². The summed E-state index contributed by atoms with van der Waals surface area (Å²) in [5.74, 6) is -0.922. The zero-order valence-corrected chi connectivity index (χ0v) is 13.9. The fourth-order valence-corrected chi connectivity index (χ4v) is 3.89. The fraction of sp³-hybridized carbons (Fsp3) is 0.882. The Balaban J connectivity index is 1.76. The molecule has 0 aromatic carbocycles. The summed E-state index contributed by atoms with van der Waals surface area (Å²) >= 11 is 0. The van der Waals surface area contributed by atoms with E-state index in [1.54, 1.807) is 0 Å². The third-order valence-corrected chi connectivity index (χ3v) is 6.02. The number of hydrogen-bond acceptors (Lipinski definition) is 2. The van der Waals surface area contributed by atoms with Crippen molar-refractivity contribution in [2.24, 2.45) is 11.3 Å². The minimum absolute atomic E-state index is 0.0413. The number of likely N-dealkylation sites (tertiary alicyclic amines) is 1. The first kappa shape index (κ1) is 17.1. The van der Waals surface area contributed by atoms with Crippen LogP contribution in [-0.2, 0) is 4.79 Å². The average molecular weight is 310 g/mol. The molecule has 1 aliphatic carbocycles. The number of carbonyl (C=O) groups excluding carboxylic acids is 1. The third kappa shape index (κ3) is 3.93. The lowest BCUT2D eigenvalue weighted by Gasteiger charge is -2.41. The second-order valence-electron chi connectivity index (χ2n) is 7.03. The van der Waals surface area contributed by atoms with Crippen LogP contribution in [0.4, 0.5) is 4.79 Å². The van der Waals surface area contributed by atoms with Gasteiger partial charge < -0.3 is 15.3 Å². The number of hydrogen-bond donors (Lipinski definition) is 2. The molecule has 2 N–H and O–H groups in total. The zero-order valence-electron chi connectivity index (χ0n) is 13.9. The molecule has 0 spiro atoms. The standard InChI is InChI=1S/C17H30N2O3/c1-3-17(4-2)9-11-19(12-10-17)16(22)18-14-7-5-13(6-8-14)15(20)21/h13-14H,3-12H2,1-2H3,(H,18,22)(H,20,21). The molecule has 0 radical (unpaired) electrons. The summed E-state index contributed by atoms with van der Waals surface area (Å²) < 4.78 is 0. The van der Waals surface area contributed by atoms with Crippen LogP contribution in [0.3, 0.4) is 0 Å². The normalized spacial score (nSPS) is 28.2. The highest BCUT2D eigenvalue weighted by molar-refractivity contribution is 5.75. The van der Waals surface area contributed by atoms with Crippen molar-refractivity contribution in [3.8, 4) is 0 Å². The van der Waals surface area contributed by atoms with Gasteiger partial charge >= 0.3 is 12.0 Å². The monoisotopic (exact) mass is 310 g/mol. The molecule has 2 fully saturated rings. The van der Waals surface area contributed by atoms with E-state index in [-0.39, 0.29) is 18.0 Å². The molecule has 0 aromatic heterocycles. The number of nitrogens with zero attached hydrogens (tertiary/aromatic N) is 1. The quantitative estimate of drug-likeness (QED) is 0.837. The van der Waals surface area contributed by atoms with E-state index in [9.17, 15) is 9.59 Å². The van der Waals surface area contributed by atoms with Gasteiger partial charge in [-0.25, -0.2) is 4.79 Å². The number of rotatable bonds is 4. The Hall–Kier alpha value is -1.26. The molecular formula is C17H30N2O3. The molecule has 5 nitrogen and oxygen atoms in total. The number of aliphatic carboxylic acids is 1. The van der Waals surface area contributed by atoms with Crippen LogP contribution in [-0.4, -0.2) is 41.1 Å². The summed E-state index contributed by atoms with van der Waals surface area (Å²) in [6, 6.07) is 0.187. The highest BCUT2D eigenvalue weighted by Crippen LogP contribution is 2.37. The van der Waals surface area contributed by atoms with E-state index in [2.05, 4.69) is 19.2 Å². The van der Waals surface area contributed by atoms with Crippen LogP contribution in [0.15, 0.2) is 0 Å². The molecule has 2 aliphatic rings. The highest BCUT2D eigenvalue weighted by Gasteiger charge is 2.34.